The summed E-state index contributed by atoms with van der Waals surface area (Å²) in [5.41, 5.74) is -0.565. The molecule has 1 fully saturated rings. The fourth-order valence-corrected chi connectivity index (χ4v) is 4.28. The van der Waals surface area contributed by atoms with E-state index in [9.17, 15) is 8.42 Å². The number of guanidine groups is 1. The molecule has 1 aliphatic rings. The predicted molar refractivity (Wildman–Crippen MR) is 97.2 cm³/mol. The zero-order valence-electron chi connectivity index (χ0n) is 15.5. The molecule has 0 spiro atoms. The van der Waals surface area contributed by atoms with Crippen LogP contribution in [-0.2, 0) is 10.0 Å². The quantitative estimate of drug-likeness (QED) is 0.566. The molecular weight excluding hydrogens is 312 g/mol. The zero-order valence-corrected chi connectivity index (χ0v) is 16.3. The number of hydrogen-bond donors (Lipinski definition) is 2. The van der Waals surface area contributed by atoms with Gasteiger partial charge in [-0.05, 0) is 38.5 Å². The Balaban J connectivity index is 2.50. The fraction of sp³-hybridized carbons (Fsp3) is 0.938. The third kappa shape index (κ3) is 8.01. The van der Waals surface area contributed by atoms with Crippen LogP contribution in [0.1, 0.15) is 46.5 Å². The van der Waals surface area contributed by atoms with Crippen molar-refractivity contribution in [3.05, 3.63) is 0 Å². The van der Waals surface area contributed by atoms with E-state index in [-0.39, 0.29) is 0 Å². The van der Waals surface area contributed by atoms with Crippen LogP contribution in [0.3, 0.4) is 0 Å². The van der Waals surface area contributed by atoms with E-state index in [2.05, 4.69) is 26.9 Å². The number of rotatable bonds is 6. The predicted octanol–water partition coefficient (Wildman–Crippen LogP) is 1.65. The molecule has 0 aromatic carbocycles. The van der Waals surface area contributed by atoms with Gasteiger partial charge in [0.15, 0.2) is 5.96 Å². The Labute approximate surface area is 142 Å². The van der Waals surface area contributed by atoms with Crippen LogP contribution in [0.4, 0.5) is 0 Å². The summed E-state index contributed by atoms with van der Waals surface area (Å²) >= 11 is 0. The van der Waals surface area contributed by atoms with E-state index in [4.69, 9.17) is 0 Å². The first kappa shape index (κ1) is 20.2. The van der Waals surface area contributed by atoms with Gasteiger partial charge in [0.25, 0.3) is 0 Å². The average molecular weight is 347 g/mol. The van der Waals surface area contributed by atoms with Crippen molar-refractivity contribution in [1.29, 1.82) is 0 Å². The van der Waals surface area contributed by atoms with E-state index in [0.717, 1.165) is 24.3 Å². The Bertz CT molecular complexity index is 494. The van der Waals surface area contributed by atoms with Gasteiger partial charge in [0, 0.05) is 32.7 Å². The molecule has 1 aliphatic carbocycles. The Hall–Kier alpha value is -0.820. The van der Waals surface area contributed by atoms with Gasteiger partial charge < -0.3 is 10.2 Å². The maximum absolute atomic E-state index is 11.4. The molecular formula is C16H34N4O2S. The first-order chi connectivity index (χ1) is 10.5. The minimum Gasteiger partial charge on any atom is -0.354 e. The number of aliphatic imine (C=N–C) groups is 1. The summed E-state index contributed by atoms with van der Waals surface area (Å²) in [6.07, 6.45) is 6.37. The number of nitrogens with one attached hydrogen (secondary N) is 2. The van der Waals surface area contributed by atoms with E-state index in [0.29, 0.717) is 6.54 Å². The molecule has 0 heterocycles. The van der Waals surface area contributed by atoms with Gasteiger partial charge in [0.2, 0.25) is 10.0 Å². The van der Waals surface area contributed by atoms with Crippen molar-refractivity contribution in [2.45, 2.75) is 52.0 Å². The maximum Gasteiger partial charge on any atom is 0.209 e. The van der Waals surface area contributed by atoms with Crippen molar-refractivity contribution < 1.29 is 8.42 Å². The minimum atomic E-state index is -3.23. The highest BCUT2D eigenvalue weighted by atomic mass is 32.2. The van der Waals surface area contributed by atoms with Gasteiger partial charge >= 0.3 is 0 Å². The molecule has 0 aromatic heterocycles. The lowest BCUT2D eigenvalue weighted by atomic mass is 9.83. The number of hydrogen-bond acceptors (Lipinski definition) is 3. The van der Waals surface area contributed by atoms with Crippen LogP contribution in [0.2, 0.25) is 0 Å². The Kier molecular flexibility index (Phi) is 7.32. The van der Waals surface area contributed by atoms with Crippen LogP contribution in [-0.4, -0.2) is 58.3 Å². The molecule has 0 bridgehead atoms. The highest BCUT2D eigenvalue weighted by Gasteiger charge is 2.24. The molecule has 0 unspecified atom stereocenters. The topological polar surface area (TPSA) is 73.8 Å². The lowest BCUT2D eigenvalue weighted by Gasteiger charge is -2.33. The zero-order chi connectivity index (χ0) is 17.7. The summed E-state index contributed by atoms with van der Waals surface area (Å²) in [5, 5.41) is 3.28. The number of sulfonamides is 1. The summed E-state index contributed by atoms with van der Waals surface area (Å²) in [6, 6.07) is 0. The second kappa shape index (κ2) is 8.33. The van der Waals surface area contributed by atoms with E-state index >= 15 is 0 Å². The third-order valence-electron chi connectivity index (χ3n) is 4.39. The van der Waals surface area contributed by atoms with E-state index < -0.39 is 15.6 Å². The Morgan fingerprint density at radius 3 is 2.30 bits per heavy atom. The Morgan fingerprint density at radius 1 is 1.26 bits per heavy atom. The van der Waals surface area contributed by atoms with Crippen LogP contribution in [0.25, 0.3) is 0 Å². The van der Waals surface area contributed by atoms with Gasteiger partial charge in [-0.2, -0.15) is 0 Å². The van der Waals surface area contributed by atoms with E-state index in [1.807, 2.05) is 20.9 Å². The molecule has 0 saturated heterocycles. The maximum atomic E-state index is 11.4. The summed E-state index contributed by atoms with van der Waals surface area (Å²) in [4.78, 5) is 6.47. The molecule has 0 atom stereocenters. The van der Waals surface area contributed by atoms with Crippen LogP contribution in [0.15, 0.2) is 4.99 Å². The molecule has 1 rings (SSSR count). The van der Waals surface area contributed by atoms with Crippen molar-refractivity contribution in [1.82, 2.24) is 14.9 Å². The van der Waals surface area contributed by atoms with Gasteiger partial charge in [-0.15, -0.1) is 0 Å². The third-order valence-corrected chi connectivity index (χ3v) is 5.31. The van der Waals surface area contributed by atoms with Crippen LogP contribution in [0, 0.1) is 11.8 Å². The normalized spacial score (nSPS) is 23.7. The van der Waals surface area contributed by atoms with Crippen LogP contribution >= 0.6 is 0 Å². The highest BCUT2D eigenvalue weighted by Crippen LogP contribution is 2.28. The van der Waals surface area contributed by atoms with Gasteiger partial charge in [-0.3, -0.25) is 4.99 Å². The lowest BCUT2D eigenvalue weighted by molar-refractivity contribution is 0.249. The van der Waals surface area contributed by atoms with Crippen LogP contribution in [0.5, 0.6) is 0 Å². The second-order valence-corrected chi connectivity index (χ2v) is 9.41. The highest BCUT2D eigenvalue weighted by molar-refractivity contribution is 7.88. The monoisotopic (exact) mass is 346 g/mol. The number of nitrogens with zero attached hydrogens (tertiary/aromatic N) is 2. The smallest absolute Gasteiger partial charge is 0.209 e. The molecule has 0 aliphatic heterocycles. The van der Waals surface area contributed by atoms with Crippen molar-refractivity contribution in [2.24, 2.45) is 16.8 Å². The largest absolute Gasteiger partial charge is 0.354 e. The second-order valence-electron chi connectivity index (χ2n) is 7.67. The summed E-state index contributed by atoms with van der Waals surface area (Å²) in [6.45, 7) is 7.52. The van der Waals surface area contributed by atoms with Gasteiger partial charge in [-0.25, -0.2) is 13.1 Å². The van der Waals surface area contributed by atoms with Crippen LogP contribution < -0.4 is 10.0 Å². The summed E-state index contributed by atoms with van der Waals surface area (Å²) in [5.74, 6) is 2.39. The van der Waals surface area contributed by atoms with Gasteiger partial charge in [0.1, 0.15) is 0 Å². The summed E-state index contributed by atoms with van der Waals surface area (Å²) in [7, 11) is 0.581. The minimum absolute atomic E-state index is 0.485. The first-order valence-electron chi connectivity index (χ1n) is 8.43. The molecule has 2 N–H and O–H groups in total. The standard InChI is InChI=1S/C16H34N4O2S/c1-13-7-9-14(10-8-13)11-20(5)15(17-4)18-12-16(2,3)19-23(6,21)22/h13-14,19H,7-12H2,1-6H3,(H,17,18). The Morgan fingerprint density at radius 2 is 1.83 bits per heavy atom. The molecule has 0 aromatic rings. The molecule has 6 nitrogen and oxygen atoms in total. The molecule has 0 amide bonds. The van der Waals surface area contributed by atoms with Crippen molar-refractivity contribution in [3.63, 3.8) is 0 Å². The molecule has 23 heavy (non-hydrogen) atoms. The molecule has 1 saturated carbocycles. The molecule has 7 heteroatoms. The van der Waals surface area contributed by atoms with Crippen molar-refractivity contribution >= 4 is 16.0 Å². The fourth-order valence-electron chi connectivity index (χ4n) is 3.21. The SMILES string of the molecule is CN=C(NCC(C)(C)NS(C)(=O)=O)N(C)CC1CCC(C)CC1. The summed E-state index contributed by atoms with van der Waals surface area (Å²) < 4.78 is 25.4. The average Bonchev–Trinajstić information content (AvgIpc) is 2.39. The van der Waals surface area contributed by atoms with Crippen molar-refractivity contribution in [2.75, 3.05) is 33.4 Å². The van der Waals surface area contributed by atoms with Crippen molar-refractivity contribution in [3.8, 4) is 0 Å². The van der Waals surface area contributed by atoms with Gasteiger partial charge in [-0.1, -0.05) is 19.8 Å². The first-order valence-corrected chi connectivity index (χ1v) is 10.3. The van der Waals surface area contributed by atoms with Gasteiger partial charge in [0.05, 0.1) is 6.26 Å². The molecule has 0 radical (unpaired) electrons. The molecule has 136 valence electrons. The van der Waals surface area contributed by atoms with E-state index in [1.165, 1.54) is 31.9 Å². The lowest BCUT2D eigenvalue weighted by Crippen LogP contribution is -2.53. The van der Waals surface area contributed by atoms with E-state index in [1.54, 1.807) is 7.05 Å².